The van der Waals surface area contributed by atoms with Crippen molar-refractivity contribution < 1.29 is 5.11 Å². The van der Waals surface area contributed by atoms with Gasteiger partial charge in [-0.05, 0) is 18.6 Å². The Morgan fingerprint density at radius 1 is 1.62 bits per heavy atom. The topological polar surface area (TPSA) is 36.4 Å². The van der Waals surface area contributed by atoms with Crippen LogP contribution in [0.3, 0.4) is 0 Å². The molecule has 1 N–H and O–H groups in total. The predicted molar refractivity (Wildman–Crippen MR) is 68.9 cm³/mol. The fourth-order valence-corrected chi connectivity index (χ4v) is 3.13. The number of nitrogens with zero attached hydrogens (tertiary/aromatic N) is 2. The van der Waals surface area contributed by atoms with Crippen LogP contribution in [0.5, 0.6) is 0 Å². The maximum atomic E-state index is 9.07. The van der Waals surface area contributed by atoms with Gasteiger partial charge in [-0.1, -0.05) is 6.92 Å². The van der Waals surface area contributed by atoms with Gasteiger partial charge >= 0.3 is 0 Å². The van der Waals surface area contributed by atoms with Crippen LogP contribution in [0.25, 0.3) is 0 Å². The Morgan fingerprint density at radius 2 is 2.50 bits per heavy atom. The number of hydrogen-bond acceptors (Lipinski definition) is 4. The molecule has 3 nitrogen and oxygen atoms in total. The number of hydrogen-bond donors (Lipinski definition) is 1. The highest BCUT2D eigenvalue weighted by atomic mass is 32.2. The van der Waals surface area contributed by atoms with E-state index in [1.165, 1.54) is 17.9 Å². The number of aliphatic hydroxyl groups is 1. The predicted octanol–water partition coefficient (Wildman–Crippen LogP) is 1.91. The molecule has 0 aromatic carbocycles. The molecule has 0 amide bonds. The van der Waals surface area contributed by atoms with Gasteiger partial charge in [0.25, 0.3) is 0 Å². The molecule has 1 aromatic heterocycles. The first kappa shape index (κ1) is 11.7. The van der Waals surface area contributed by atoms with Crippen LogP contribution in [0.2, 0.25) is 0 Å². The third-order valence-corrected chi connectivity index (χ3v) is 4.29. The van der Waals surface area contributed by atoms with Crippen molar-refractivity contribution in [2.24, 2.45) is 0 Å². The van der Waals surface area contributed by atoms with Crippen LogP contribution < -0.4 is 4.90 Å². The van der Waals surface area contributed by atoms with Crippen molar-refractivity contribution in [2.75, 3.05) is 23.7 Å². The summed E-state index contributed by atoms with van der Waals surface area (Å²) in [5, 5.41) is 9.81. The Kier molecular flexibility index (Phi) is 4.07. The minimum atomic E-state index is 0.0215. The van der Waals surface area contributed by atoms with E-state index in [0.717, 1.165) is 24.0 Å². The maximum Gasteiger partial charge on any atom is 0.0853 e. The molecule has 0 spiro atoms. The second-order valence-electron chi connectivity index (χ2n) is 4.01. The lowest BCUT2D eigenvalue weighted by molar-refractivity contribution is 0.277. The van der Waals surface area contributed by atoms with Crippen LogP contribution in [0.15, 0.2) is 18.3 Å². The van der Waals surface area contributed by atoms with E-state index in [1.54, 1.807) is 6.20 Å². The average molecular weight is 238 g/mol. The van der Waals surface area contributed by atoms with Gasteiger partial charge in [-0.3, -0.25) is 4.98 Å². The second kappa shape index (κ2) is 5.55. The first-order valence-corrected chi connectivity index (χ1v) is 6.80. The third-order valence-electron chi connectivity index (χ3n) is 2.92. The molecule has 1 fully saturated rings. The summed E-state index contributed by atoms with van der Waals surface area (Å²) in [7, 11) is 0. The number of thioether (sulfide) groups is 1. The minimum absolute atomic E-state index is 0.0215. The summed E-state index contributed by atoms with van der Waals surface area (Å²) in [4.78, 5) is 6.50. The van der Waals surface area contributed by atoms with E-state index in [1.807, 2.05) is 12.1 Å². The van der Waals surface area contributed by atoms with Crippen molar-refractivity contribution in [1.82, 2.24) is 4.98 Å². The molecule has 2 heterocycles. The molecule has 16 heavy (non-hydrogen) atoms. The molecule has 0 radical (unpaired) electrons. The van der Waals surface area contributed by atoms with E-state index < -0.39 is 0 Å². The quantitative estimate of drug-likeness (QED) is 0.872. The van der Waals surface area contributed by atoms with E-state index in [4.69, 9.17) is 5.11 Å². The molecule has 1 unspecified atom stereocenters. The lowest BCUT2D eigenvalue weighted by Gasteiger charge is -2.33. The van der Waals surface area contributed by atoms with Crippen LogP contribution in [-0.4, -0.2) is 34.2 Å². The van der Waals surface area contributed by atoms with Gasteiger partial charge in [0.2, 0.25) is 0 Å². The normalized spacial score (nSPS) is 21.1. The lowest BCUT2D eigenvalue weighted by atomic mass is 10.2. The molecule has 0 saturated carbocycles. The van der Waals surface area contributed by atoms with Gasteiger partial charge in [-0.15, -0.1) is 0 Å². The van der Waals surface area contributed by atoms with Crippen molar-refractivity contribution in [3.63, 3.8) is 0 Å². The molecule has 1 saturated heterocycles. The summed E-state index contributed by atoms with van der Waals surface area (Å²) in [6, 6.07) is 4.02. The van der Waals surface area contributed by atoms with Crippen molar-refractivity contribution in [2.45, 2.75) is 25.2 Å². The zero-order chi connectivity index (χ0) is 11.4. The Bertz CT molecular complexity index is 346. The molecule has 0 bridgehead atoms. The summed E-state index contributed by atoms with van der Waals surface area (Å²) in [6.07, 6.45) is 3.00. The van der Waals surface area contributed by atoms with Crippen molar-refractivity contribution in [3.8, 4) is 0 Å². The molecule has 1 aliphatic rings. The highest BCUT2D eigenvalue weighted by Crippen LogP contribution is 2.25. The van der Waals surface area contributed by atoms with Gasteiger partial charge in [0.05, 0.1) is 12.3 Å². The fraction of sp³-hybridized carbons (Fsp3) is 0.583. The van der Waals surface area contributed by atoms with Crippen LogP contribution in [0, 0.1) is 0 Å². The number of aromatic nitrogens is 1. The zero-order valence-corrected chi connectivity index (χ0v) is 10.4. The Morgan fingerprint density at radius 3 is 3.25 bits per heavy atom. The molecule has 1 atom stereocenters. The molecule has 88 valence electrons. The summed E-state index contributed by atoms with van der Waals surface area (Å²) >= 11 is 2.06. The summed E-state index contributed by atoms with van der Waals surface area (Å²) in [6.45, 7) is 4.46. The van der Waals surface area contributed by atoms with Gasteiger partial charge in [0.1, 0.15) is 0 Å². The highest BCUT2D eigenvalue weighted by molar-refractivity contribution is 8.00. The Hall–Kier alpha value is -0.740. The van der Waals surface area contributed by atoms with E-state index in [9.17, 15) is 0 Å². The number of rotatable bonds is 3. The van der Waals surface area contributed by atoms with Gasteiger partial charge < -0.3 is 10.0 Å². The molecular weight excluding hydrogens is 220 g/mol. The smallest absolute Gasteiger partial charge is 0.0853 e. The summed E-state index contributed by atoms with van der Waals surface area (Å²) < 4.78 is 0. The number of pyridine rings is 1. The van der Waals surface area contributed by atoms with Crippen LogP contribution in [-0.2, 0) is 6.61 Å². The monoisotopic (exact) mass is 238 g/mol. The second-order valence-corrected chi connectivity index (χ2v) is 5.42. The van der Waals surface area contributed by atoms with Gasteiger partial charge in [-0.2, -0.15) is 11.8 Å². The van der Waals surface area contributed by atoms with Crippen LogP contribution >= 0.6 is 11.8 Å². The fourth-order valence-electron chi connectivity index (χ4n) is 1.95. The number of aliphatic hydroxyl groups excluding tert-OH is 1. The van der Waals surface area contributed by atoms with Gasteiger partial charge in [-0.25, -0.2) is 0 Å². The first-order chi connectivity index (χ1) is 7.83. The van der Waals surface area contributed by atoms with E-state index in [2.05, 4.69) is 28.6 Å². The van der Waals surface area contributed by atoms with Gasteiger partial charge in [0, 0.05) is 36.0 Å². The zero-order valence-electron chi connectivity index (χ0n) is 9.59. The third kappa shape index (κ3) is 2.68. The SMILES string of the molecule is CCC1CN(c2ccnc(CO)c2)CCS1. The van der Waals surface area contributed by atoms with Gasteiger partial charge in [0.15, 0.2) is 0 Å². The molecule has 1 aliphatic heterocycles. The molecule has 0 aliphatic carbocycles. The largest absolute Gasteiger partial charge is 0.390 e. The summed E-state index contributed by atoms with van der Waals surface area (Å²) in [5.74, 6) is 1.19. The number of anilines is 1. The standard InChI is InChI=1S/C12H18N2OS/c1-2-12-8-14(5-6-16-12)11-3-4-13-10(7-11)9-15/h3-4,7,12,15H,2,5-6,8-9H2,1H3. The molecule has 2 rings (SSSR count). The lowest BCUT2D eigenvalue weighted by Crippen LogP contribution is -2.37. The summed E-state index contributed by atoms with van der Waals surface area (Å²) in [5.41, 5.74) is 1.95. The average Bonchev–Trinajstić information content (AvgIpc) is 2.39. The molecule has 4 heteroatoms. The molecular formula is C12H18N2OS. The Labute approximate surface area is 101 Å². The van der Waals surface area contributed by atoms with Crippen LogP contribution in [0.1, 0.15) is 19.0 Å². The maximum absolute atomic E-state index is 9.07. The van der Waals surface area contributed by atoms with Crippen molar-refractivity contribution in [1.29, 1.82) is 0 Å². The first-order valence-electron chi connectivity index (χ1n) is 5.75. The van der Waals surface area contributed by atoms with E-state index in [-0.39, 0.29) is 6.61 Å². The van der Waals surface area contributed by atoms with Crippen LogP contribution in [0.4, 0.5) is 5.69 Å². The highest BCUT2D eigenvalue weighted by Gasteiger charge is 2.19. The minimum Gasteiger partial charge on any atom is -0.390 e. The Balaban J connectivity index is 2.10. The van der Waals surface area contributed by atoms with E-state index >= 15 is 0 Å². The van der Waals surface area contributed by atoms with Crippen molar-refractivity contribution >= 4 is 17.4 Å². The van der Waals surface area contributed by atoms with E-state index in [0.29, 0.717) is 0 Å². The van der Waals surface area contributed by atoms with Crippen molar-refractivity contribution in [3.05, 3.63) is 24.0 Å². The molecule has 1 aromatic rings.